The van der Waals surface area contributed by atoms with Crippen molar-refractivity contribution < 1.29 is 31.1 Å². The van der Waals surface area contributed by atoms with Crippen LogP contribution in [-0.4, -0.2) is 72.7 Å². The van der Waals surface area contributed by atoms with Gasteiger partial charge < -0.3 is 15.0 Å². The molecule has 16 heteroatoms. The molecule has 0 aliphatic carbocycles. The summed E-state index contributed by atoms with van der Waals surface area (Å²) in [5, 5.41) is 12.0. The molecule has 12 nitrogen and oxygen atoms in total. The van der Waals surface area contributed by atoms with Gasteiger partial charge in [-0.05, 0) is 57.5 Å². The summed E-state index contributed by atoms with van der Waals surface area (Å²) in [6, 6.07) is 18.8. The van der Waals surface area contributed by atoms with Gasteiger partial charge in [0.25, 0.3) is 10.0 Å². The molecule has 0 bridgehead atoms. The molecule has 1 fully saturated rings. The van der Waals surface area contributed by atoms with Crippen LogP contribution in [0, 0.1) is 0 Å². The Bertz CT molecular complexity index is 2350. The van der Waals surface area contributed by atoms with Crippen LogP contribution in [0.2, 0.25) is 0 Å². The molecular formula is C35H33F3N8O4S. The highest BCUT2D eigenvalue weighted by Crippen LogP contribution is 2.40. The van der Waals surface area contributed by atoms with Crippen molar-refractivity contribution in [1.82, 2.24) is 33.4 Å². The number of para-hydroxylation sites is 1. The first-order valence-corrected chi connectivity index (χ1v) is 17.5. The van der Waals surface area contributed by atoms with E-state index in [-0.39, 0.29) is 46.3 Å². The highest BCUT2D eigenvalue weighted by atomic mass is 32.2. The number of aromatic nitrogens is 6. The van der Waals surface area contributed by atoms with Crippen LogP contribution >= 0.6 is 0 Å². The lowest BCUT2D eigenvalue weighted by Gasteiger charge is -2.38. The van der Waals surface area contributed by atoms with E-state index in [9.17, 15) is 26.4 Å². The Kier molecular flexibility index (Phi) is 8.44. The Hall–Kier alpha value is -5.51. The molecule has 0 unspecified atom stereocenters. The first-order valence-electron chi connectivity index (χ1n) is 16.1. The van der Waals surface area contributed by atoms with Gasteiger partial charge in [-0.25, -0.2) is 27.2 Å². The van der Waals surface area contributed by atoms with E-state index in [1.165, 1.54) is 23.1 Å². The summed E-state index contributed by atoms with van der Waals surface area (Å²) in [6.45, 7) is 5.67. The molecule has 4 aromatic heterocycles. The highest BCUT2D eigenvalue weighted by molar-refractivity contribution is 7.90. The summed E-state index contributed by atoms with van der Waals surface area (Å²) in [6.07, 6.45) is -1.36. The number of pyridine rings is 1. The Labute approximate surface area is 291 Å². The second-order valence-electron chi connectivity index (χ2n) is 13.3. The molecule has 0 saturated carbocycles. The van der Waals surface area contributed by atoms with E-state index in [1.807, 2.05) is 22.7 Å². The van der Waals surface area contributed by atoms with Crippen LogP contribution in [-0.2, 0) is 20.9 Å². The number of ether oxygens (including phenoxy) is 1. The molecule has 6 aromatic rings. The van der Waals surface area contributed by atoms with Crippen LogP contribution < -0.4 is 5.32 Å². The number of halogens is 3. The number of rotatable bonds is 6. The molecule has 51 heavy (non-hydrogen) atoms. The minimum atomic E-state index is -4.87. The van der Waals surface area contributed by atoms with Gasteiger partial charge in [0.15, 0.2) is 5.65 Å². The van der Waals surface area contributed by atoms with E-state index < -0.39 is 45.2 Å². The number of benzene rings is 2. The molecular weight excluding hydrogens is 685 g/mol. The summed E-state index contributed by atoms with van der Waals surface area (Å²) in [5.74, 6) is 0.130. The summed E-state index contributed by atoms with van der Waals surface area (Å²) < 4.78 is 79.5. The fraction of sp³-hybridized carbons (Fsp3) is 0.286. The minimum Gasteiger partial charge on any atom is -0.444 e. The molecule has 1 aliphatic rings. The van der Waals surface area contributed by atoms with Gasteiger partial charge in [0.2, 0.25) is 5.95 Å². The lowest BCUT2D eigenvalue weighted by atomic mass is 9.93. The van der Waals surface area contributed by atoms with E-state index in [4.69, 9.17) is 4.74 Å². The normalized spacial score (nSPS) is 17.2. The van der Waals surface area contributed by atoms with E-state index in [0.717, 1.165) is 10.2 Å². The zero-order valence-corrected chi connectivity index (χ0v) is 28.6. The van der Waals surface area contributed by atoms with Crippen molar-refractivity contribution in [3.8, 4) is 11.3 Å². The molecule has 1 aliphatic heterocycles. The number of fused-ring (bicyclic) bond motifs is 2. The van der Waals surface area contributed by atoms with Gasteiger partial charge in [0, 0.05) is 54.6 Å². The van der Waals surface area contributed by atoms with Crippen LogP contribution in [0.15, 0.2) is 96.3 Å². The largest absolute Gasteiger partial charge is 0.444 e. The Morgan fingerprint density at radius 2 is 1.67 bits per heavy atom. The number of amides is 1. The van der Waals surface area contributed by atoms with Gasteiger partial charge in [-0.3, -0.25) is 4.40 Å². The molecule has 1 saturated heterocycles. The number of hydrogen-bond donors (Lipinski definition) is 1. The molecule has 1 amide bonds. The number of carbonyl (C=O) groups is 1. The van der Waals surface area contributed by atoms with Crippen molar-refractivity contribution >= 4 is 38.6 Å². The van der Waals surface area contributed by atoms with Crippen molar-refractivity contribution in [2.45, 2.75) is 55.8 Å². The van der Waals surface area contributed by atoms with Gasteiger partial charge >= 0.3 is 12.3 Å². The molecule has 5 heterocycles. The van der Waals surface area contributed by atoms with Crippen molar-refractivity contribution in [2.75, 3.05) is 18.4 Å². The topological polar surface area (TPSA) is 137 Å². The molecule has 1 N–H and O–H groups in total. The number of nitrogens with zero attached hydrogens (tertiary/aromatic N) is 7. The van der Waals surface area contributed by atoms with Gasteiger partial charge in [-0.1, -0.05) is 42.5 Å². The van der Waals surface area contributed by atoms with Gasteiger partial charge in [-0.2, -0.15) is 13.2 Å². The van der Waals surface area contributed by atoms with Gasteiger partial charge in [0.1, 0.15) is 17.0 Å². The van der Waals surface area contributed by atoms with Crippen LogP contribution in [0.25, 0.3) is 27.8 Å². The Morgan fingerprint density at radius 3 is 2.41 bits per heavy atom. The molecule has 0 spiro atoms. The maximum Gasteiger partial charge on any atom is 0.419 e. The lowest BCUT2D eigenvalue weighted by molar-refractivity contribution is -0.137. The maximum atomic E-state index is 14.5. The number of alkyl halides is 3. The number of likely N-dealkylation sites (tertiary alicyclic amines) is 1. The maximum absolute atomic E-state index is 14.5. The van der Waals surface area contributed by atoms with Gasteiger partial charge in [0.05, 0.1) is 16.1 Å². The molecule has 264 valence electrons. The first kappa shape index (κ1) is 34.0. The zero-order chi connectivity index (χ0) is 36.1. The second-order valence-corrected chi connectivity index (χ2v) is 15.1. The predicted molar refractivity (Wildman–Crippen MR) is 183 cm³/mol. The van der Waals surface area contributed by atoms with E-state index in [1.54, 1.807) is 63.2 Å². The third-order valence-electron chi connectivity index (χ3n) is 8.47. The summed E-state index contributed by atoms with van der Waals surface area (Å²) in [7, 11) is -4.19. The summed E-state index contributed by atoms with van der Waals surface area (Å²) in [4.78, 5) is 23.2. The third kappa shape index (κ3) is 6.70. The van der Waals surface area contributed by atoms with Crippen molar-refractivity contribution in [1.29, 1.82) is 0 Å². The van der Waals surface area contributed by atoms with E-state index >= 15 is 0 Å². The van der Waals surface area contributed by atoms with E-state index in [2.05, 4.69) is 25.5 Å². The predicted octanol–water partition coefficient (Wildman–Crippen LogP) is 6.60. The Balaban J connectivity index is 1.29. The molecule has 0 radical (unpaired) electrons. The number of hydrogen-bond acceptors (Lipinski definition) is 9. The zero-order valence-electron chi connectivity index (χ0n) is 27.7. The molecule has 2 aromatic carbocycles. The third-order valence-corrected chi connectivity index (χ3v) is 10.2. The molecule has 7 rings (SSSR count). The fourth-order valence-corrected chi connectivity index (χ4v) is 7.69. The number of piperidine rings is 1. The SMILES string of the molecule is CC(C)(C)OC(=O)N1C[C@@H](Nc2ncc(C(F)(F)F)c(-c3cn(S(=O)(=O)c4ccccc4)c4ccccc34)n2)C[C@H](c2nnc3ccccn23)C1. The smallest absolute Gasteiger partial charge is 0.419 e. The van der Waals surface area contributed by atoms with Crippen molar-refractivity contribution in [3.05, 3.63) is 103 Å². The van der Waals surface area contributed by atoms with Crippen LogP contribution in [0.4, 0.5) is 23.9 Å². The monoisotopic (exact) mass is 718 g/mol. The second kappa shape index (κ2) is 12.7. The number of carbonyl (C=O) groups excluding carboxylic acids is 1. The van der Waals surface area contributed by atoms with Crippen molar-refractivity contribution in [3.63, 3.8) is 0 Å². The summed E-state index contributed by atoms with van der Waals surface area (Å²) in [5.41, 5.74) is -1.66. The fourth-order valence-electron chi connectivity index (χ4n) is 6.29. The van der Waals surface area contributed by atoms with Crippen molar-refractivity contribution in [2.24, 2.45) is 0 Å². The average molecular weight is 719 g/mol. The number of anilines is 1. The number of nitrogens with one attached hydrogen (secondary N) is 1. The van der Waals surface area contributed by atoms with Crippen LogP contribution in [0.5, 0.6) is 0 Å². The quantitative estimate of drug-likeness (QED) is 0.202. The molecule has 2 atom stereocenters. The summed E-state index contributed by atoms with van der Waals surface area (Å²) >= 11 is 0. The van der Waals surface area contributed by atoms with E-state index in [0.29, 0.717) is 24.1 Å². The lowest BCUT2D eigenvalue weighted by Crippen LogP contribution is -2.50. The highest BCUT2D eigenvalue weighted by Gasteiger charge is 2.39. The minimum absolute atomic E-state index is 0.0276. The average Bonchev–Trinajstić information content (AvgIpc) is 3.70. The Morgan fingerprint density at radius 1 is 0.941 bits per heavy atom. The standard InChI is InChI=1S/C35H33F3N8O4S/c1-34(2,3)50-33(47)44-19-22(31-43-42-29-15-9-10-16-45(29)31)17-23(20-44)40-32-39-18-27(35(36,37)38)30(41-32)26-21-46(28-14-8-7-13-25(26)28)51(48,49)24-11-5-4-6-12-24/h4-16,18,21-23H,17,19-20H2,1-3H3,(H,39,40,41)/t22-,23-/m0/s1. The van der Waals surface area contributed by atoms with Crippen LogP contribution in [0.1, 0.15) is 44.5 Å². The first-order chi connectivity index (χ1) is 24.2. The van der Waals surface area contributed by atoms with Crippen LogP contribution in [0.3, 0.4) is 0 Å². The van der Waals surface area contributed by atoms with Gasteiger partial charge in [-0.15, -0.1) is 10.2 Å².